The Labute approximate surface area is 140 Å². The van der Waals surface area contributed by atoms with Crippen LogP contribution in [-0.4, -0.2) is 35.9 Å². The SMILES string of the molecule is C[C@@H]1CC[C@@H](C(N)=O)CN1C(=O)C1=Cc2cc(Cl)ccc2OC1. The molecule has 2 aliphatic heterocycles. The quantitative estimate of drug-likeness (QED) is 0.901. The van der Waals surface area contributed by atoms with Crippen molar-refractivity contribution in [2.45, 2.75) is 25.8 Å². The predicted molar refractivity (Wildman–Crippen MR) is 88.0 cm³/mol. The van der Waals surface area contributed by atoms with Gasteiger partial charge in [-0.1, -0.05) is 11.6 Å². The van der Waals surface area contributed by atoms with Crippen molar-refractivity contribution in [1.82, 2.24) is 4.90 Å². The molecule has 122 valence electrons. The van der Waals surface area contributed by atoms with Gasteiger partial charge in [0.25, 0.3) is 5.91 Å². The molecule has 0 unspecified atom stereocenters. The number of nitrogens with two attached hydrogens (primary N) is 1. The number of likely N-dealkylation sites (tertiary alicyclic amines) is 1. The molecule has 23 heavy (non-hydrogen) atoms. The number of nitrogens with zero attached hydrogens (tertiary/aromatic N) is 1. The van der Waals surface area contributed by atoms with Gasteiger partial charge in [0, 0.05) is 23.2 Å². The summed E-state index contributed by atoms with van der Waals surface area (Å²) < 4.78 is 5.65. The molecule has 2 N–H and O–H groups in total. The number of halogens is 1. The Bertz CT molecular complexity index is 686. The number of piperidine rings is 1. The standard InChI is InChI=1S/C17H19ClN2O3/c1-10-2-3-11(16(19)21)8-20(10)17(22)13-6-12-7-14(18)4-5-15(12)23-9-13/h4-7,10-11H,2-3,8-9H2,1H3,(H2,19,21)/t10-,11-/m1/s1. The van der Waals surface area contributed by atoms with E-state index in [0.29, 0.717) is 22.9 Å². The molecule has 2 atom stereocenters. The van der Waals surface area contributed by atoms with Crippen LogP contribution in [0.2, 0.25) is 5.02 Å². The molecule has 1 fully saturated rings. The fourth-order valence-electron chi connectivity index (χ4n) is 3.08. The summed E-state index contributed by atoms with van der Waals surface area (Å²) in [5.74, 6) is -0.00979. The van der Waals surface area contributed by atoms with E-state index >= 15 is 0 Å². The zero-order chi connectivity index (χ0) is 16.6. The number of rotatable bonds is 2. The molecule has 0 saturated carbocycles. The van der Waals surface area contributed by atoms with Gasteiger partial charge in [0.15, 0.2) is 0 Å². The average Bonchev–Trinajstić information content (AvgIpc) is 2.53. The average molecular weight is 335 g/mol. The minimum Gasteiger partial charge on any atom is -0.488 e. The van der Waals surface area contributed by atoms with E-state index in [2.05, 4.69) is 0 Å². The molecule has 0 bridgehead atoms. The number of carbonyl (C=O) groups excluding carboxylic acids is 2. The van der Waals surface area contributed by atoms with Crippen molar-refractivity contribution in [1.29, 1.82) is 0 Å². The highest BCUT2D eigenvalue weighted by atomic mass is 35.5. The molecule has 0 aromatic heterocycles. The number of primary amides is 1. The van der Waals surface area contributed by atoms with Crippen molar-refractivity contribution in [2.75, 3.05) is 13.2 Å². The van der Waals surface area contributed by atoms with Gasteiger partial charge in [-0.3, -0.25) is 9.59 Å². The minimum absolute atomic E-state index is 0.0831. The Kier molecular flexibility index (Phi) is 4.31. The second-order valence-corrected chi connectivity index (χ2v) is 6.56. The van der Waals surface area contributed by atoms with Crippen molar-refractivity contribution in [3.8, 4) is 5.75 Å². The third-order valence-corrected chi connectivity index (χ3v) is 4.74. The highest BCUT2D eigenvalue weighted by Crippen LogP contribution is 2.31. The third-order valence-electron chi connectivity index (χ3n) is 4.50. The summed E-state index contributed by atoms with van der Waals surface area (Å²) in [6, 6.07) is 5.40. The number of fused-ring (bicyclic) bond motifs is 1. The fraction of sp³-hybridized carbons (Fsp3) is 0.412. The first-order valence-corrected chi connectivity index (χ1v) is 8.06. The van der Waals surface area contributed by atoms with Crippen LogP contribution in [0, 0.1) is 5.92 Å². The Morgan fingerprint density at radius 2 is 2.13 bits per heavy atom. The van der Waals surface area contributed by atoms with Crippen molar-refractivity contribution in [3.63, 3.8) is 0 Å². The summed E-state index contributed by atoms with van der Waals surface area (Å²) in [6.45, 7) is 2.58. The van der Waals surface area contributed by atoms with E-state index in [1.54, 1.807) is 23.1 Å². The number of benzene rings is 1. The first kappa shape index (κ1) is 15.9. The minimum atomic E-state index is -0.347. The van der Waals surface area contributed by atoms with E-state index in [9.17, 15) is 9.59 Å². The van der Waals surface area contributed by atoms with Crippen LogP contribution in [-0.2, 0) is 9.59 Å². The first-order valence-electron chi connectivity index (χ1n) is 7.69. The lowest BCUT2D eigenvalue weighted by Crippen LogP contribution is -2.49. The van der Waals surface area contributed by atoms with E-state index < -0.39 is 0 Å². The Morgan fingerprint density at radius 1 is 1.35 bits per heavy atom. The number of hydrogen-bond acceptors (Lipinski definition) is 3. The molecule has 1 aromatic rings. The largest absolute Gasteiger partial charge is 0.488 e. The highest BCUT2D eigenvalue weighted by molar-refractivity contribution is 6.30. The molecular formula is C17H19ClN2O3. The molecule has 2 heterocycles. The number of carbonyl (C=O) groups is 2. The lowest BCUT2D eigenvalue weighted by molar-refractivity contribution is -0.134. The van der Waals surface area contributed by atoms with E-state index in [-0.39, 0.29) is 30.4 Å². The van der Waals surface area contributed by atoms with Gasteiger partial charge in [0.05, 0.1) is 11.5 Å². The van der Waals surface area contributed by atoms with Crippen LogP contribution in [0.5, 0.6) is 5.75 Å². The van der Waals surface area contributed by atoms with Gasteiger partial charge in [-0.2, -0.15) is 0 Å². The Morgan fingerprint density at radius 3 is 2.87 bits per heavy atom. The molecule has 0 aliphatic carbocycles. The molecule has 1 saturated heterocycles. The van der Waals surface area contributed by atoms with Gasteiger partial charge in [0.1, 0.15) is 12.4 Å². The van der Waals surface area contributed by atoms with E-state index in [0.717, 1.165) is 18.4 Å². The zero-order valence-corrected chi connectivity index (χ0v) is 13.7. The van der Waals surface area contributed by atoms with Crippen LogP contribution < -0.4 is 10.5 Å². The molecule has 5 nitrogen and oxygen atoms in total. The number of amides is 2. The van der Waals surface area contributed by atoms with Gasteiger partial charge in [0.2, 0.25) is 5.91 Å². The van der Waals surface area contributed by atoms with E-state index in [4.69, 9.17) is 22.1 Å². The normalized spacial score (nSPS) is 23.6. The lowest BCUT2D eigenvalue weighted by Gasteiger charge is -2.37. The molecule has 2 aliphatic rings. The maximum atomic E-state index is 12.8. The van der Waals surface area contributed by atoms with Gasteiger partial charge in [-0.05, 0) is 44.0 Å². The molecule has 6 heteroatoms. The van der Waals surface area contributed by atoms with Crippen LogP contribution >= 0.6 is 11.6 Å². The van der Waals surface area contributed by atoms with Crippen molar-refractivity contribution in [3.05, 3.63) is 34.4 Å². The summed E-state index contributed by atoms with van der Waals surface area (Å²) in [5.41, 5.74) is 6.76. The molecule has 0 spiro atoms. The van der Waals surface area contributed by atoms with E-state index in [1.165, 1.54) is 0 Å². The molecule has 1 aromatic carbocycles. The third kappa shape index (κ3) is 3.20. The monoisotopic (exact) mass is 334 g/mol. The molecular weight excluding hydrogens is 316 g/mol. The number of ether oxygens (including phenoxy) is 1. The van der Waals surface area contributed by atoms with Gasteiger partial charge >= 0.3 is 0 Å². The lowest BCUT2D eigenvalue weighted by atomic mass is 9.92. The van der Waals surface area contributed by atoms with Crippen LogP contribution in [0.25, 0.3) is 6.08 Å². The molecule has 2 amide bonds. The highest BCUT2D eigenvalue weighted by Gasteiger charge is 2.33. The van der Waals surface area contributed by atoms with Crippen molar-refractivity contribution < 1.29 is 14.3 Å². The summed E-state index contributed by atoms with van der Waals surface area (Å²) >= 11 is 6.00. The predicted octanol–water partition coefficient (Wildman–Crippen LogP) is 2.23. The smallest absolute Gasteiger partial charge is 0.253 e. The molecule has 3 rings (SSSR count). The topological polar surface area (TPSA) is 72.6 Å². The van der Waals surface area contributed by atoms with Crippen molar-refractivity contribution >= 4 is 29.5 Å². The van der Waals surface area contributed by atoms with Crippen LogP contribution in [0.3, 0.4) is 0 Å². The summed E-state index contributed by atoms with van der Waals surface area (Å²) in [5, 5.41) is 0.595. The summed E-state index contributed by atoms with van der Waals surface area (Å²) in [7, 11) is 0. The van der Waals surface area contributed by atoms with Crippen LogP contribution in [0.4, 0.5) is 0 Å². The van der Waals surface area contributed by atoms with Gasteiger partial charge in [-0.25, -0.2) is 0 Å². The van der Waals surface area contributed by atoms with E-state index in [1.807, 2.05) is 13.0 Å². The van der Waals surface area contributed by atoms with Crippen molar-refractivity contribution in [2.24, 2.45) is 11.7 Å². The maximum Gasteiger partial charge on any atom is 0.253 e. The van der Waals surface area contributed by atoms with Gasteiger partial charge in [-0.15, -0.1) is 0 Å². The summed E-state index contributed by atoms with van der Waals surface area (Å²) in [4.78, 5) is 26.0. The molecule has 0 radical (unpaired) electrons. The second-order valence-electron chi connectivity index (χ2n) is 6.12. The van der Waals surface area contributed by atoms with Crippen LogP contribution in [0.15, 0.2) is 23.8 Å². The second kappa shape index (κ2) is 6.24. The zero-order valence-electron chi connectivity index (χ0n) is 12.9. The first-order chi connectivity index (χ1) is 11.0. The maximum absolute atomic E-state index is 12.8. The summed E-state index contributed by atoms with van der Waals surface area (Å²) in [6.07, 6.45) is 3.32. The van der Waals surface area contributed by atoms with Gasteiger partial charge < -0.3 is 15.4 Å². The fourth-order valence-corrected chi connectivity index (χ4v) is 3.26. The van der Waals surface area contributed by atoms with Crippen LogP contribution in [0.1, 0.15) is 25.3 Å². The Balaban J connectivity index is 1.83. The number of hydrogen-bond donors (Lipinski definition) is 1. The Hall–Kier alpha value is -2.01.